The first-order chi connectivity index (χ1) is 9.23. The first-order valence-electron chi connectivity index (χ1n) is 6.83. The van der Waals surface area contributed by atoms with Gasteiger partial charge in [-0.05, 0) is 16.4 Å². The molecule has 0 saturated carbocycles. The van der Waals surface area contributed by atoms with Gasteiger partial charge in [0.1, 0.15) is 0 Å². The maximum atomic E-state index is 11.9. The van der Waals surface area contributed by atoms with Crippen molar-refractivity contribution in [2.24, 2.45) is 16.7 Å². The molecule has 118 valence electrons. The van der Waals surface area contributed by atoms with E-state index in [-0.39, 0.29) is 5.57 Å². The van der Waals surface area contributed by atoms with Gasteiger partial charge in [0.05, 0.1) is 15.8 Å². The van der Waals surface area contributed by atoms with Crippen molar-refractivity contribution in [3.05, 3.63) is 23.3 Å². The number of carbonyl (C=O) groups is 2. The molecular weight excluding hydrogens is 336 g/mol. The highest BCUT2D eigenvalue weighted by molar-refractivity contribution is 9.10. The minimum absolute atomic E-state index is 0.136. The summed E-state index contributed by atoms with van der Waals surface area (Å²) in [7, 11) is 0. The Labute approximate surface area is 134 Å². The summed E-state index contributed by atoms with van der Waals surface area (Å²) >= 11 is 3.57. The van der Waals surface area contributed by atoms with Crippen molar-refractivity contribution in [2.75, 3.05) is 0 Å². The molecule has 0 aromatic heterocycles. The predicted molar refractivity (Wildman–Crippen MR) is 85.5 cm³/mol. The summed E-state index contributed by atoms with van der Waals surface area (Å²) in [5.41, 5.74) is -0.405. The highest BCUT2D eigenvalue weighted by Crippen LogP contribution is 2.52. The zero-order chi connectivity index (χ0) is 16.8. The Bertz CT molecular complexity index is 531. The molecule has 2 unspecified atom stereocenters. The molecule has 0 spiro atoms. The van der Waals surface area contributed by atoms with Gasteiger partial charge >= 0.3 is 11.9 Å². The van der Waals surface area contributed by atoms with Crippen LogP contribution >= 0.6 is 15.9 Å². The second kappa shape index (κ2) is 5.27. The van der Waals surface area contributed by atoms with E-state index < -0.39 is 33.0 Å². The molecule has 0 fully saturated rings. The van der Waals surface area contributed by atoms with Crippen LogP contribution in [0.5, 0.6) is 0 Å². The molecule has 0 aliphatic heterocycles. The fourth-order valence-corrected chi connectivity index (χ4v) is 3.24. The van der Waals surface area contributed by atoms with Crippen LogP contribution in [0.1, 0.15) is 41.5 Å². The van der Waals surface area contributed by atoms with Crippen LogP contribution in [0.3, 0.4) is 0 Å². The first kappa shape index (κ1) is 18.0. The van der Waals surface area contributed by atoms with E-state index in [9.17, 15) is 19.8 Å². The van der Waals surface area contributed by atoms with Crippen LogP contribution in [0, 0.1) is 16.7 Å². The highest BCUT2D eigenvalue weighted by atomic mass is 79.9. The van der Waals surface area contributed by atoms with E-state index >= 15 is 0 Å². The van der Waals surface area contributed by atoms with Crippen LogP contribution in [0.25, 0.3) is 0 Å². The van der Waals surface area contributed by atoms with Crippen LogP contribution in [0.4, 0.5) is 0 Å². The molecule has 2 N–H and O–H groups in total. The largest absolute Gasteiger partial charge is 0.481 e. The minimum Gasteiger partial charge on any atom is -0.481 e. The van der Waals surface area contributed by atoms with Gasteiger partial charge in [-0.25, -0.2) is 4.79 Å². The van der Waals surface area contributed by atoms with E-state index in [1.54, 1.807) is 12.2 Å². The van der Waals surface area contributed by atoms with Gasteiger partial charge < -0.3 is 10.2 Å². The number of alkyl halides is 1. The standard InChI is InChI=1S/C16H23BrO4/c1-14(2,3)10-9(12(18)19)7-8-16(17,15(4,5)6)11(10)13(20)21/h7-9H,1-6H3,(H,18,19)(H,20,21). The average Bonchev–Trinajstić information content (AvgIpc) is 2.24. The Morgan fingerprint density at radius 2 is 1.62 bits per heavy atom. The van der Waals surface area contributed by atoms with Gasteiger partial charge in [0, 0.05) is 0 Å². The van der Waals surface area contributed by atoms with Gasteiger partial charge in [0.15, 0.2) is 0 Å². The van der Waals surface area contributed by atoms with Gasteiger partial charge in [-0.15, -0.1) is 0 Å². The normalized spacial score (nSPS) is 26.9. The third-order valence-corrected chi connectivity index (χ3v) is 5.69. The van der Waals surface area contributed by atoms with Crippen molar-refractivity contribution in [2.45, 2.75) is 45.9 Å². The summed E-state index contributed by atoms with van der Waals surface area (Å²) in [5, 5.41) is 19.2. The number of hydrogen-bond acceptors (Lipinski definition) is 2. The monoisotopic (exact) mass is 358 g/mol. The van der Waals surface area contributed by atoms with Gasteiger partial charge in [0.25, 0.3) is 0 Å². The molecule has 0 heterocycles. The van der Waals surface area contributed by atoms with Crippen molar-refractivity contribution in [1.82, 2.24) is 0 Å². The van der Waals surface area contributed by atoms with Crippen molar-refractivity contribution in [3.63, 3.8) is 0 Å². The summed E-state index contributed by atoms with van der Waals surface area (Å²) in [5.74, 6) is -3.02. The number of halogens is 1. The third-order valence-electron chi connectivity index (χ3n) is 3.84. The minimum atomic E-state index is -1.08. The van der Waals surface area contributed by atoms with Gasteiger partial charge in [-0.1, -0.05) is 69.6 Å². The summed E-state index contributed by atoms with van der Waals surface area (Å²) in [6, 6.07) is 0. The lowest BCUT2D eigenvalue weighted by Gasteiger charge is -2.44. The topological polar surface area (TPSA) is 74.6 Å². The predicted octanol–water partition coefficient (Wildman–Crippen LogP) is 3.86. The summed E-state index contributed by atoms with van der Waals surface area (Å²) in [4.78, 5) is 23.5. The zero-order valence-electron chi connectivity index (χ0n) is 13.3. The van der Waals surface area contributed by atoms with E-state index in [2.05, 4.69) is 15.9 Å². The van der Waals surface area contributed by atoms with Crippen molar-refractivity contribution < 1.29 is 19.8 Å². The maximum absolute atomic E-state index is 11.9. The number of allylic oxidation sites excluding steroid dienone is 1. The maximum Gasteiger partial charge on any atom is 0.333 e. The number of rotatable bonds is 2. The summed E-state index contributed by atoms with van der Waals surface area (Å²) in [6.45, 7) is 11.3. The van der Waals surface area contributed by atoms with Crippen LogP contribution in [-0.4, -0.2) is 26.5 Å². The Kier molecular flexibility index (Phi) is 4.50. The van der Waals surface area contributed by atoms with Gasteiger partial charge in [-0.2, -0.15) is 0 Å². The van der Waals surface area contributed by atoms with Gasteiger partial charge in [-0.3, -0.25) is 4.79 Å². The molecule has 1 aliphatic carbocycles. The quantitative estimate of drug-likeness (QED) is 0.580. The number of carboxylic acids is 2. The van der Waals surface area contributed by atoms with E-state index in [4.69, 9.17) is 0 Å². The molecule has 5 heteroatoms. The van der Waals surface area contributed by atoms with Crippen molar-refractivity contribution in [1.29, 1.82) is 0 Å². The van der Waals surface area contributed by atoms with Crippen LogP contribution in [-0.2, 0) is 9.59 Å². The van der Waals surface area contributed by atoms with Crippen LogP contribution in [0.15, 0.2) is 23.3 Å². The van der Waals surface area contributed by atoms with E-state index in [1.165, 1.54) is 0 Å². The molecule has 1 aliphatic rings. The molecule has 21 heavy (non-hydrogen) atoms. The van der Waals surface area contributed by atoms with Gasteiger partial charge in [0.2, 0.25) is 0 Å². The number of hydrogen-bond donors (Lipinski definition) is 2. The molecule has 0 radical (unpaired) electrons. The lowest BCUT2D eigenvalue weighted by Crippen LogP contribution is -2.45. The van der Waals surface area contributed by atoms with E-state index in [1.807, 2.05) is 41.5 Å². The second-order valence-electron chi connectivity index (χ2n) is 7.48. The second-order valence-corrected chi connectivity index (χ2v) is 8.73. The van der Waals surface area contributed by atoms with Crippen LogP contribution in [0.2, 0.25) is 0 Å². The molecule has 0 bridgehead atoms. The van der Waals surface area contributed by atoms with E-state index in [0.717, 1.165) is 0 Å². The smallest absolute Gasteiger partial charge is 0.333 e. The number of aliphatic carboxylic acids is 2. The molecule has 4 nitrogen and oxygen atoms in total. The summed E-state index contributed by atoms with van der Waals surface area (Å²) < 4.78 is -0.902. The SMILES string of the molecule is CC(C)(C)C1=C(C(=O)O)C(Br)(C(C)(C)C)C=CC1C(=O)O. The van der Waals surface area contributed by atoms with Crippen molar-refractivity contribution >= 4 is 27.9 Å². The molecule has 0 amide bonds. The van der Waals surface area contributed by atoms with Crippen LogP contribution < -0.4 is 0 Å². The average molecular weight is 359 g/mol. The number of carboxylic acid groups (broad SMARTS) is 2. The summed E-state index contributed by atoms with van der Waals surface area (Å²) in [6.07, 6.45) is 3.26. The molecule has 0 aromatic carbocycles. The molecular formula is C16H23BrO4. The first-order valence-corrected chi connectivity index (χ1v) is 7.62. The molecule has 0 saturated heterocycles. The highest BCUT2D eigenvalue weighted by Gasteiger charge is 2.50. The fourth-order valence-electron chi connectivity index (χ4n) is 2.70. The third kappa shape index (κ3) is 3.07. The lowest BCUT2D eigenvalue weighted by molar-refractivity contribution is -0.139. The Morgan fingerprint density at radius 3 is 1.90 bits per heavy atom. The Balaban J connectivity index is 3.79. The van der Waals surface area contributed by atoms with Crippen molar-refractivity contribution in [3.8, 4) is 0 Å². The van der Waals surface area contributed by atoms with E-state index in [0.29, 0.717) is 5.57 Å². The molecule has 0 aromatic rings. The zero-order valence-corrected chi connectivity index (χ0v) is 14.9. The molecule has 2 atom stereocenters. The Hall–Kier alpha value is -1.10. The lowest BCUT2D eigenvalue weighted by atomic mass is 9.65. The molecule has 1 rings (SSSR count). The Morgan fingerprint density at radius 1 is 1.14 bits per heavy atom. The fraction of sp³-hybridized carbons (Fsp3) is 0.625.